The van der Waals surface area contributed by atoms with E-state index in [0.29, 0.717) is 12.2 Å². The number of nitrogen functional groups attached to an aromatic ring is 1. The van der Waals surface area contributed by atoms with E-state index in [4.69, 9.17) is 5.73 Å². The number of hydrogen-bond donors (Lipinski definition) is 2. The van der Waals surface area contributed by atoms with Crippen molar-refractivity contribution in [2.24, 2.45) is 0 Å². The molecule has 0 unspecified atom stereocenters. The number of nitrogens with one attached hydrogen (secondary N) is 1. The fourth-order valence-corrected chi connectivity index (χ4v) is 2.30. The van der Waals surface area contributed by atoms with Gasteiger partial charge in [0, 0.05) is 6.20 Å². The van der Waals surface area contributed by atoms with Gasteiger partial charge in [0.25, 0.3) is 5.91 Å². The van der Waals surface area contributed by atoms with Crippen LogP contribution in [0.25, 0.3) is 0 Å². The van der Waals surface area contributed by atoms with Gasteiger partial charge in [-0.05, 0) is 5.56 Å². The first kappa shape index (κ1) is 13.3. The number of carbonyl (C=O) groups is 1. The van der Waals surface area contributed by atoms with Crippen LogP contribution in [0.4, 0.5) is 10.8 Å². The Morgan fingerprint density at radius 1 is 1.29 bits per heavy atom. The lowest BCUT2D eigenvalue weighted by atomic mass is 10.2. The number of benzene rings is 1. The highest BCUT2D eigenvalue weighted by Gasteiger charge is 2.12. The van der Waals surface area contributed by atoms with Gasteiger partial charge in [-0.25, -0.2) is 0 Å². The van der Waals surface area contributed by atoms with Crippen molar-refractivity contribution in [3.63, 3.8) is 0 Å². The molecule has 8 heteroatoms. The van der Waals surface area contributed by atoms with Crippen LogP contribution in [0.1, 0.15) is 15.4 Å². The molecule has 3 rings (SSSR count). The molecule has 1 amide bonds. The van der Waals surface area contributed by atoms with E-state index in [0.717, 1.165) is 16.9 Å². The summed E-state index contributed by atoms with van der Waals surface area (Å²) in [5.41, 5.74) is 7.18. The fraction of sp³-hybridized carbons (Fsp3) is 0.0769. The average Bonchev–Trinajstić information content (AvgIpc) is 3.09. The van der Waals surface area contributed by atoms with E-state index in [9.17, 15) is 4.79 Å². The Balaban J connectivity index is 1.66. The van der Waals surface area contributed by atoms with Crippen LogP contribution in [-0.4, -0.2) is 25.9 Å². The molecule has 0 fully saturated rings. The Labute approximate surface area is 124 Å². The molecular weight excluding hydrogens is 288 g/mol. The molecule has 0 saturated heterocycles. The highest BCUT2D eigenvalue weighted by atomic mass is 32.1. The van der Waals surface area contributed by atoms with Gasteiger partial charge in [-0.3, -0.25) is 9.48 Å². The number of anilines is 2. The number of aromatic nitrogens is 4. The SMILES string of the molecule is Nc1nnc(C(=O)Nc2cnn(Cc3ccccc3)c2)s1. The molecule has 0 atom stereocenters. The molecule has 3 aromatic rings. The van der Waals surface area contributed by atoms with Crippen molar-refractivity contribution in [3.8, 4) is 0 Å². The minimum Gasteiger partial charge on any atom is -0.374 e. The zero-order chi connectivity index (χ0) is 14.7. The van der Waals surface area contributed by atoms with Gasteiger partial charge in [-0.2, -0.15) is 5.10 Å². The number of nitrogens with two attached hydrogens (primary N) is 1. The normalized spacial score (nSPS) is 10.5. The van der Waals surface area contributed by atoms with Crippen LogP contribution in [0.2, 0.25) is 0 Å². The fourth-order valence-electron chi connectivity index (χ4n) is 1.80. The second kappa shape index (κ2) is 5.71. The minimum atomic E-state index is -0.344. The third-order valence-corrected chi connectivity index (χ3v) is 3.46. The first-order valence-corrected chi connectivity index (χ1v) is 6.99. The van der Waals surface area contributed by atoms with Crippen LogP contribution >= 0.6 is 11.3 Å². The van der Waals surface area contributed by atoms with Gasteiger partial charge in [0.15, 0.2) is 0 Å². The molecule has 0 aliphatic heterocycles. The molecule has 3 N–H and O–H groups in total. The van der Waals surface area contributed by atoms with E-state index < -0.39 is 0 Å². The summed E-state index contributed by atoms with van der Waals surface area (Å²) in [6.07, 6.45) is 3.35. The van der Waals surface area contributed by atoms with Gasteiger partial charge < -0.3 is 11.1 Å². The van der Waals surface area contributed by atoms with Crippen molar-refractivity contribution >= 4 is 28.1 Å². The highest BCUT2D eigenvalue weighted by Crippen LogP contribution is 2.14. The summed E-state index contributed by atoms with van der Waals surface area (Å²) in [6.45, 7) is 0.641. The average molecular weight is 300 g/mol. The molecule has 0 aliphatic carbocycles. The standard InChI is InChI=1S/C13H12N6OS/c14-13-18-17-12(21-13)11(20)16-10-6-15-19(8-10)7-9-4-2-1-3-5-9/h1-6,8H,7H2,(H2,14,18)(H,16,20). The lowest BCUT2D eigenvalue weighted by Gasteiger charge is -2.01. The quantitative estimate of drug-likeness (QED) is 0.762. The number of amides is 1. The zero-order valence-corrected chi connectivity index (χ0v) is 11.7. The van der Waals surface area contributed by atoms with Gasteiger partial charge in [-0.1, -0.05) is 41.7 Å². The first-order valence-electron chi connectivity index (χ1n) is 6.17. The first-order chi connectivity index (χ1) is 10.2. The Kier molecular flexibility index (Phi) is 3.61. The van der Waals surface area contributed by atoms with Gasteiger partial charge in [0.1, 0.15) is 0 Å². The lowest BCUT2D eigenvalue weighted by molar-refractivity contribution is 0.102. The summed E-state index contributed by atoms with van der Waals surface area (Å²) in [5.74, 6) is -0.344. The molecule has 0 aliphatic rings. The molecule has 1 aromatic carbocycles. The molecular formula is C13H12N6OS. The number of nitrogens with zero attached hydrogens (tertiary/aromatic N) is 4. The Morgan fingerprint density at radius 3 is 2.81 bits per heavy atom. The molecule has 7 nitrogen and oxygen atoms in total. The van der Waals surface area contributed by atoms with E-state index >= 15 is 0 Å². The molecule has 21 heavy (non-hydrogen) atoms. The van der Waals surface area contributed by atoms with Crippen molar-refractivity contribution in [3.05, 3.63) is 53.3 Å². The molecule has 0 spiro atoms. The summed E-state index contributed by atoms with van der Waals surface area (Å²) in [4.78, 5) is 11.9. The maximum atomic E-state index is 11.9. The summed E-state index contributed by atoms with van der Waals surface area (Å²) < 4.78 is 1.75. The maximum Gasteiger partial charge on any atom is 0.286 e. The van der Waals surface area contributed by atoms with Crippen LogP contribution in [-0.2, 0) is 6.54 Å². The highest BCUT2D eigenvalue weighted by molar-refractivity contribution is 7.16. The van der Waals surface area contributed by atoms with Crippen molar-refractivity contribution in [2.75, 3.05) is 11.1 Å². The van der Waals surface area contributed by atoms with Crippen molar-refractivity contribution in [1.29, 1.82) is 0 Å². The molecule has 106 valence electrons. The van der Waals surface area contributed by atoms with Crippen LogP contribution in [0.5, 0.6) is 0 Å². The monoisotopic (exact) mass is 300 g/mol. The second-order valence-electron chi connectivity index (χ2n) is 4.31. The van der Waals surface area contributed by atoms with Crippen LogP contribution in [0.3, 0.4) is 0 Å². The third-order valence-electron chi connectivity index (χ3n) is 2.71. The zero-order valence-electron chi connectivity index (χ0n) is 10.9. The maximum absolute atomic E-state index is 11.9. The van der Waals surface area contributed by atoms with Gasteiger partial charge >= 0.3 is 0 Å². The van der Waals surface area contributed by atoms with E-state index in [1.54, 1.807) is 17.1 Å². The smallest absolute Gasteiger partial charge is 0.286 e. The Hall–Kier alpha value is -2.74. The Morgan fingerprint density at radius 2 is 2.10 bits per heavy atom. The molecule has 0 bridgehead atoms. The van der Waals surface area contributed by atoms with Crippen LogP contribution < -0.4 is 11.1 Å². The van der Waals surface area contributed by atoms with E-state index in [-0.39, 0.29) is 16.0 Å². The number of rotatable bonds is 4. The number of carbonyl (C=O) groups excluding carboxylic acids is 1. The molecule has 2 aromatic heterocycles. The second-order valence-corrected chi connectivity index (χ2v) is 5.32. The van der Waals surface area contributed by atoms with E-state index in [2.05, 4.69) is 20.6 Å². The largest absolute Gasteiger partial charge is 0.374 e. The molecule has 0 radical (unpaired) electrons. The van der Waals surface area contributed by atoms with Crippen LogP contribution in [0, 0.1) is 0 Å². The summed E-state index contributed by atoms with van der Waals surface area (Å²) in [5, 5.41) is 14.7. The van der Waals surface area contributed by atoms with Gasteiger partial charge in [0.05, 0.1) is 18.4 Å². The van der Waals surface area contributed by atoms with Crippen molar-refractivity contribution in [1.82, 2.24) is 20.0 Å². The van der Waals surface area contributed by atoms with Gasteiger partial charge in [0.2, 0.25) is 10.1 Å². The number of hydrogen-bond acceptors (Lipinski definition) is 6. The van der Waals surface area contributed by atoms with Crippen molar-refractivity contribution < 1.29 is 4.79 Å². The summed E-state index contributed by atoms with van der Waals surface area (Å²) in [7, 11) is 0. The third kappa shape index (κ3) is 3.23. The summed E-state index contributed by atoms with van der Waals surface area (Å²) in [6, 6.07) is 9.95. The molecule has 0 saturated carbocycles. The lowest BCUT2D eigenvalue weighted by Crippen LogP contribution is -2.11. The van der Waals surface area contributed by atoms with Crippen LogP contribution in [0.15, 0.2) is 42.7 Å². The van der Waals surface area contributed by atoms with E-state index in [1.165, 1.54) is 0 Å². The van der Waals surface area contributed by atoms with E-state index in [1.807, 2.05) is 30.3 Å². The Bertz CT molecular complexity index is 751. The topological polar surface area (TPSA) is 98.7 Å². The van der Waals surface area contributed by atoms with Crippen molar-refractivity contribution in [2.45, 2.75) is 6.54 Å². The predicted octanol–water partition coefficient (Wildman–Crippen LogP) is 1.62. The predicted molar refractivity (Wildman–Crippen MR) is 80.0 cm³/mol. The summed E-state index contributed by atoms with van der Waals surface area (Å²) >= 11 is 1.04. The minimum absolute atomic E-state index is 0.225. The molecule has 2 heterocycles. The van der Waals surface area contributed by atoms with Gasteiger partial charge in [-0.15, -0.1) is 10.2 Å².